The van der Waals surface area contributed by atoms with E-state index < -0.39 is 5.60 Å². The van der Waals surface area contributed by atoms with Gasteiger partial charge < -0.3 is 19.8 Å². The number of oxazole rings is 1. The van der Waals surface area contributed by atoms with Crippen LogP contribution in [0, 0.1) is 0 Å². The third kappa shape index (κ3) is 3.97. The van der Waals surface area contributed by atoms with Crippen LogP contribution in [0.4, 0.5) is 10.5 Å². The molecule has 1 fully saturated rings. The smallest absolute Gasteiger partial charge is 0.419 e. The number of ether oxygens (including phenoxy) is 1. The number of nitrogens with zero attached hydrogens (tertiary/aromatic N) is 1. The van der Waals surface area contributed by atoms with Crippen LogP contribution in [0.2, 0.25) is 0 Å². The first kappa shape index (κ1) is 17.4. The van der Waals surface area contributed by atoms with E-state index in [1.54, 1.807) is 13.1 Å². The largest absolute Gasteiger partial charge is 0.444 e. The number of carbonyl (C=O) groups excluding carboxylic acids is 1. The van der Waals surface area contributed by atoms with Crippen LogP contribution in [-0.2, 0) is 11.8 Å². The summed E-state index contributed by atoms with van der Waals surface area (Å²) in [5.41, 5.74) is 1.69. The van der Waals surface area contributed by atoms with Crippen molar-refractivity contribution in [2.75, 3.05) is 5.32 Å². The lowest BCUT2D eigenvalue weighted by molar-refractivity contribution is 0.0503. The summed E-state index contributed by atoms with van der Waals surface area (Å²) < 4.78 is 12.0. The molecule has 0 saturated heterocycles. The molecule has 7 heteroatoms. The summed E-state index contributed by atoms with van der Waals surface area (Å²) in [6.07, 6.45) is 2.51. The van der Waals surface area contributed by atoms with Gasteiger partial charge in [0, 0.05) is 18.8 Å². The van der Waals surface area contributed by atoms with Gasteiger partial charge in [-0.2, -0.15) is 0 Å². The van der Waals surface area contributed by atoms with Gasteiger partial charge in [0.2, 0.25) is 0 Å². The zero-order valence-corrected chi connectivity index (χ0v) is 15.1. The third-order valence-corrected chi connectivity index (χ3v) is 4.36. The first-order chi connectivity index (χ1) is 11.7. The SMILES string of the molecule is Cn1c(=O)oc2ccc(N[C@H]3CCC[C@@H]3NC(=O)OC(C)(C)C)cc21. The molecular weight excluding hydrogens is 322 g/mol. The summed E-state index contributed by atoms with van der Waals surface area (Å²) >= 11 is 0. The van der Waals surface area contributed by atoms with Gasteiger partial charge in [-0.3, -0.25) is 4.57 Å². The van der Waals surface area contributed by atoms with Crippen LogP contribution in [0.5, 0.6) is 0 Å². The van der Waals surface area contributed by atoms with Gasteiger partial charge in [0.05, 0.1) is 11.6 Å². The fourth-order valence-electron chi connectivity index (χ4n) is 3.20. The molecule has 7 nitrogen and oxygen atoms in total. The van der Waals surface area contributed by atoms with Crippen LogP contribution in [0.1, 0.15) is 40.0 Å². The Bertz CT molecular complexity index is 831. The van der Waals surface area contributed by atoms with E-state index in [4.69, 9.17) is 9.15 Å². The lowest BCUT2D eigenvalue weighted by Crippen LogP contribution is -2.45. The van der Waals surface area contributed by atoms with Crippen molar-refractivity contribution in [1.29, 1.82) is 0 Å². The van der Waals surface area contributed by atoms with Crippen molar-refractivity contribution < 1.29 is 13.9 Å². The zero-order chi connectivity index (χ0) is 18.2. The fraction of sp³-hybridized carbons (Fsp3) is 0.556. The van der Waals surface area contributed by atoms with Crippen LogP contribution >= 0.6 is 0 Å². The zero-order valence-electron chi connectivity index (χ0n) is 15.1. The van der Waals surface area contributed by atoms with E-state index in [-0.39, 0.29) is 23.9 Å². The molecule has 1 amide bonds. The summed E-state index contributed by atoms with van der Waals surface area (Å²) in [5, 5.41) is 6.42. The Kier molecular flexibility index (Phi) is 4.49. The number of alkyl carbamates (subject to hydrolysis) is 1. The second-order valence-electron chi connectivity index (χ2n) is 7.54. The van der Waals surface area contributed by atoms with Crippen molar-refractivity contribution in [2.24, 2.45) is 7.05 Å². The van der Waals surface area contributed by atoms with Gasteiger partial charge in [-0.05, 0) is 58.2 Å². The Morgan fingerprint density at radius 3 is 2.72 bits per heavy atom. The van der Waals surface area contributed by atoms with Crippen molar-refractivity contribution in [3.05, 3.63) is 28.7 Å². The summed E-state index contributed by atoms with van der Waals surface area (Å²) in [5.74, 6) is -0.377. The van der Waals surface area contributed by atoms with Crippen molar-refractivity contribution in [3.8, 4) is 0 Å². The number of rotatable bonds is 3. The van der Waals surface area contributed by atoms with Crippen molar-refractivity contribution in [2.45, 2.75) is 57.7 Å². The number of carbonyl (C=O) groups is 1. The number of aromatic nitrogens is 1. The van der Waals surface area contributed by atoms with Crippen molar-refractivity contribution >= 4 is 22.9 Å². The number of nitrogens with one attached hydrogen (secondary N) is 2. The van der Waals surface area contributed by atoms with Gasteiger partial charge in [0.15, 0.2) is 5.58 Å². The molecule has 0 radical (unpaired) electrons. The minimum atomic E-state index is -0.511. The molecule has 1 aromatic carbocycles. The molecule has 2 N–H and O–H groups in total. The Morgan fingerprint density at radius 1 is 1.28 bits per heavy atom. The topological polar surface area (TPSA) is 85.5 Å². The predicted molar refractivity (Wildman–Crippen MR) is 95.9 cm³/mol. The maximum absolute atomic E-state index is 12.0. The van der Waals surface area contributed by atoms with Gasteiger partial charge in [0.25, 0.3) is 0 Å². The fourth-order valence-corrected chi connectivity index (χ4v) is 3.20. The second kappa shape index (κ2) is 6.46. The Labute approximate surface area is 146 Å². The molecule has 1 aromatic heterocycles. The van der Waals surface area contributed by atoms with Crippen LogP contribution < -0.4 is 16.4 Å². The molecule has 0 bridgehead atoms. The number of hydrogen-bond donors (Lipinski definition) is 2. The molecule has 0 unspecified atom stereocenters. The summed E-state index contributed by atoms with van der Waals surface area (Å²) in [7, 11) is 1.68. The molecule has 1 aliphatic rings. The van der Waals surface area contributed by atoms with Crippen LogP contribution in [0.15, 0.2) is 27.4 Å². The maximum atomic E-state index is 12.0. The first-order valence-corrected chi connectivity index (χ1v) is 8.58. The van der Waals surface area contributed by atoms with Gasteiger partial charge in [-0.25, -0.2) is 9.59 Å². The number of aryl methyl sites for hydroxylation is 1. The van der Waals surface area contributed by atoms with Crippen LogP contribution in [0.25, 0.3) is 11.1 Å². The summed E-state index contributed by atoms with van der Waals surface area (Å²) in [4.78, 5) is 23.6. The highest BCUT2D eigenvalue weighted by Gasteiger charge is 2.30. The van der Waals surface area contributed by atoms with Gasteiger partial charge in [-0.15, -0.1) is 0 Å². The molecule has 3 rings (SSSR count). The number of amides is 1. The predicted octanol–water partition coefficient (Wildman–Crippen LogP) is 2.99. The normalized spacial score (nSPS) is 20.6. The number of anilines is 1. The van der Waals surface area contributed by atoms with E-state index in [1.165, 1.54) is 4.57 Å². The van der Waals surface area contributed by atoms with Gasteiger partial charge in [-0.1, -0.05) is 0 Å². The van der Waals surface area contributed by atoms with Crippen molar-refractivity contribution in [1.82, 2.24) is 9.88 Å². The molecule has 1 aliphatic carbocycles. The van der Waals surface area contributed by atoms with Gasteiger partial charge in [0.1, 0.15) is 5.60 Å². The molecule has 2 aromatic rings. The Hall–Kier alpha value is -2.44. The van der Waals surface area contributed by atoms with Crippen LogP contribution in [-0.4, -0.2) is 28.3 Å². The molecular formula is C18H25N3O4. The minimum Gasteiger partial charge on any atom is -0.444 e. The lowest BCUT2D eigenvalue weighted by atomic mass is 10.1. The van der Waals surface area contributed by atoms with E-state index >= 15 is 0 Å². The number of fused-ring (bicyclic) bond motifs is 1. The number of benzene rings is 1. The molecule has 136 valence electrons. The molecule has 0 spiro atoms. The van der Waals surface area contributed by atoms with E-state index in [1.807, 2.05) is 32.9 Å². The standard InChI is InChI=1S/C18H25N3O4/c1-18(2,3)25-16(22)20-13-7-5-6-12(13)19-11-8-9-15-14(10-11)21(4)17(23)24-15/h8-10,12-13,19H,5-7H2,1-4H3,(H,20,22)/t12-,13-/m0/s1. The average Bonchev–Trinajstić information content (AvgIpc) is 3.03. The Balaban J connectivity index is 1.70. The monoisotopic (exact) mass is 347 g/mol. The Morgan fingerprint density at radius 2 is 2.00 bits per heavy atom. The molecule has 0 aliphatic heterocycles. The maximum Gasteiger partial charge on any atom is 0.419 e. The summed E-state index contributed by atoms with van der Waals surface area (Å²) in [6.45, 7) is 5.55. The highest BCUT2D eigenvalue weighted by molar-refractivity contribution is 5.77. The summed E-state index contributed by atoms with van der Waals surface area (Å²) in [6, 6.07) is 5.69. The van der Waals surface area contributed by atoms with Crippen molar-refractivity contribution in [3.63, 3.8) is 0 Å². The second-order valence-corrected chi connectivity index (χ2v) is 7.54. The highest BCUT2D eigenvalue weighted by Crippen LogP contribution is 2.25. The molecule has 1 saturated carbocycles. The third-order valence-electron chi connectivity index (χ3n) is 4.36. The average molecular weight is 347 g/mol. The highest BCUT2D eigenvalue weighted by atomic mass is 16.6. The van der Waals surface area contributed by atoms with E-state index in [2.05, 4.69) is 10.6 Å². The number of hydrogen-bond acceptors (Lipinski definition) is 5. The quantitative estimate of drug-likeness (QED) is 0.891. The van der Waals surface area contributed by atoms with Gasteiger partial charge >= 0.3 is 11.8 Å². The van der Waals surface area contributed by atoms with E-state index in [9.17, 15) is 9.59 Å². The lowest BCUT2D eigenvalue weighted by Gasteiger charge is -2.26. The minimum absolute atomic E-state index is 0.0127. The molecule has 25 heavy (non-hydrogen) atoms. The molecule has 2 atom stereocenters. The molecule has 1 heterocycles. The van der Waals surface area contributed by atoms with E-state index in [0.29, 0.717) is 5.58 Å². The first-order valence-electron chi connectivity index (χ1n) is 8.58. The van der Waals surface area contributed by atoms with Crippen LogP contribution in [0.3, 0.4) is 0 Å². The van der Waals surface area contributed by atoms with E-state index in [0.717, 1.165) is 30.5 Å².